The Balaban J connectivity index is 2.61. The van der Waals surface area contributed by atoms with Gasteiger partial charge in [-0.25, -0.2) is 0 Å². The summed E-state index contributed by atoms with van der Waals surface area (Å²) in [6, 6.07) is 7.16. The maximum atomic E-state index is 11.9. The third-order valence-electron chi connectivity index (χ3n) is 3.00. The van der Waals surface area contributed by atoms with Gasteiger partial charge < -0.3 is 15.3 Å². The summed E-state index contributed by atoms with van der Waals surface area (Å²) in [5.41, 5.74) is 1.54. The van der Waals surface area contributed by atoms with Gasteiger partial charge in [0.2, 0.25) is 0 Å². The lowest BCUT2D eigenvalue weighted by Gasteiger charge is -2.13. The van der Waals surface area contributed by atoms with Crippen LogP contribution in [-0.4, -0.2) is 37.6 Å². The summed E-state index contributed by atoms with van der Waals surface area (Å²) in [6.07, 6.45) is 0.495. The minimum atomic E-state index is -0.884. The molecule has 1 rings (SSSR count). The third-order valence-corrected chi connectivity index (χ3v) is 3.00. The van der Waals surface area contributed by atoms with E-state index < -0.39 is 11.9 Å². The van der Waals surface area contributed by atoms with E-state index in [9.17, 15) is 9.59 Å². The molecule has 1 unspecified atom stereocenters. The molecular formula is C14H20N2O3. The van der Waals surface area contributed by atoms with Crippen molar-refractivity contribution in [2.75, 3.05) is 25.5 Å². The van der Waals surface area contributed by atoms with Crippen molar-refractivity contribution >= 4 is 17.6 Å². The Hall–Kier alpha value is -2.04. The highest BCUT2D eigenvalue weighted by molar-refractivity contribution is 5.94. The van der Waals surface area contributed by atoms with Crippen LogP contribution in [0, 0.1) is 5.92 Å². The Kier molecular flexibility index (Phi) is 5.36. The number of carboxylic acid groups (broad SMARTS) is 1. The molecule has 0 bridgehead atoms. The van der Waals surface area contributed by atoms with Crippen molar-refractivity contribution in [3.8, 4) is 0 Å². The van der Waals surface area contributed by atoms with Crippen molar-refractivity contribution in [1.29, 1.82) is 0 Å². The van der Waals surface area contributed by atoms with Gasteiger partial charge in [0.15, 0.2) is 0 Å². The largest absolute Gasteiger partial charge is 0.481 e. The number of rotatable bonds is 6. The zero-order valence-electron chi connectivity index (χ0n) is 11.5. The summed E-state index contributed by atoms with van der Waals surface area (Å²) < 4.78 is 0. The molecule has 0 aliphatic heterocycles. The van der Waals surface area contributed by atoms with E-state index in [-0.39, 0.29) is 12.5 Å². The van der Waals surface area contributed by atoms with Gasteiger partial charge in [-0.2, -0.15) is 0 Å². The van der Waals surface area contributed by atoms with E-state index in [1.54, 1.807) is 19.1 Å². The van der Waals surface area contributed by atoms with Crippen molar-refractivity contribution < 1.29 is 14.7 Å². The zero-order valence-corrected chi connectivity index (χ0v) is 11.5. The lowest BCUT2D eigenvalue weighted by atomic mass is 10.1. The number of carbonyl (C=O) groups excluding carboxylic acids is 1. The fourth-order valence-electron chi connectivity index (χ4n) is 1.64. The number of carbonyl (C=O) groups is 2. The van der Waals surface area contributed by atoms with Gasteiger partial charge in [-0.05, 0) is 30.7 Å². The molecule has 2 N–H and O–H groups in total. The second-order valence-corrected chi connectivity index (χ2v) is 4.59. The molecule has 0 aliphatic carbocycles. The molecule has 0 radical (unpaired) electrons. The van der Waals surface area contributed by atoms with Gasteiger partial charge in [0.25, 0.3) is 5.91 Å². The first-order chi connectivity index (χ1) is 8.95. The van der Waals surface area contributed by atoms with Gasteiger partial charge in [-0.3, -0.25) is 9.59 Å². The monoisotopic (exact) mass is 264 g/mol. The molecule has 1 aromatic rings. The van der Waals surface area contributed by atoms with Gasteiger partial charge in [0.05, 0.1) is 5.92 Å². The molecule has 5 nitrogen and oxygen atoms in total. The second-order valence-electron chi connectivity index (χ2n) is 4.59. The predicted molar refractivity (Wildman–Crippen MR) is 74.5 cm³/mol. The van der Waals surface area contributed by atoms with Gasteiger partial charge in [0, 0.05) is 31.9 Å². The summed E-state index contributed by atoms with van der Waals surface area (Å²) in [6.45, 7) is 1.94. The number of anilines is 1. The van der Waals surface area contributed by atoms with Crippen LogP contribution in [0.5, 0.6) is 0 Å². The molecule has 1 amide bonds. The van der Waals surface area contributed by atoms with E-state index in [0.717, 1.165) is 5.69 Å². The van der Waals surface area contributed by atoms with E-state index in [4.69, 9.17) is 5.11 Å². The van der Waals surface area contributed by atoms with Crippen molar-refractivity contribution in [3.63, 3.8) is 0 Å². The lowest BCUT2D eigenvalue weighted by Crippen LogP contribution is -2.32. The first kappa shape index (κ1) is 15.0. The summed E-state index contributed by atoms with van der Waals surface area (Å²) in [5.74, 6) is -1.67. The SMILES string of the molecule is CCC(CNC(=O)c1ccc(N(C)C)cc1)C(=O)O. The van der Waals surface area contributed by atoms with Crippen molar-refractivity contribution in [2.45, 2.75) is 13.3 Å². The Morgan fingerprint density at radius 2 is 1.84 bits per heavy atom. The van der Waals surface area contributed by atoms with E-state index in [1.165, 1.54) is 0 Å². The fraction of sp³-hybridized carbons (Fsp3) is 0.429. The van der Waals surface area contributed by atoms with Crippen molar-refractivity contribution in [3.05, 3.63) is 29.8 Å². The molecule has 5 heteroatoms. The highest BCUT2D eigenvalue weighted by atomic mass is 16.4. The number of benzene rings is 1. The molecule has 104 valence electrons. The van der Waals surface area contributed by atoms with Crippen LogP contribution in [0.25, 0.3) is 0 Å². The van der Waals surface area contributed by atoms with Crippen molar-refractivity contribution in [1.82, 2.24) is 5.32 Å². The minimum absolute atomic E-state index is 0.153. The molecule has 0 saturated heterocycles. The van der Waals surface area contributed by atoms with Crippen molar-refractivity contribution in [2.24, 2.45) is 5.92 Å². The smallest absolute Gasteiger partial charge is 0.308 e. The molecule has 0 spiro atoms. The van der Waals surface area contributed by atoms with E-state index in [0.29, 0.717) is 12.0 Å². The Labute approximate surface area is 113 Å². The molecule has 1 aromatic carbocycles. The van der Waals surface area contributed by atoms with Crippen LogP contribution in [0.15, 0.2) is 24.3 Å². The number of aliphatic carboxylic acids is 1. The summed E-state index contributed by atoms with van der Waals surface area (Å²) in [7, 11) is 3.85. The van der Waals surface area contributed by atoms with E-state index in [2.05, 4.69) is 5.32 Å². The van der Waals surface area contributed by atoms with Gasteiger partial charge in [-0.15, -0.1) is 0 Å². The van der Waals surface area contributed by atoms with Gasteiger partial charge in [-0.1, -0.05) is 6.92 Å². The zero-order chi connectivity index (χ0) is 14.4. The van der Waals surface area contributed by atoms with Crippen LogP contribution in [-0.2, 0) is 4.79 Å². The van der Waals surface area contributed by atoms with Crippen LogP contribution in [0.4, 0.5) is 5.69 Å². The van der Waals surface area contributed by atoms with Crippen LogP contribution in [0.1, 0.15) is 23.7 Å². The van der Waals surface area contributed by atoms with E-state index in [1.807, 2.05) is 31.1 Å². The summed E-state index contributed by atoms with van der Waals surface area (Å²) >= 11 is 0. The first-order valence-electron chi connectivity index (χ1n) is 6.24. The summed E-state index contributed by atoms with van der Waals surface area (Å²) in [5, 5.41) is 11.5. The first-order valence-corrected chi connectivity index (χ1v) is 6.24. The average molecular weight is 264 g/mol. The van der Waals surface area contributed by atoms with Crippen LogP contribution < -0.4 is 10.2 Å². The third kappa shape index (κ3) is 4.28. The van der Waals surface area contributed by atoms with E-state index >= 15 is 0 Å². The molecule has 1 atom stereocenters. The normalized spacial score (nSPS) is 11.7. The number of nitrogens with zero attached hydrogens (tertiary/aromatic N) is 1. The predicted octanol–water partition coefficient (Wildman–Crippen LogP) is 1.59. The van der Waals surface area contributed by atoms with Gasteiger partial charge >= 0.3 is 5.97 Å². The Morgan fingerprint density at radius 3 is 2.26 bits per heavy atom. The molecule has 0 heterocycles. The summed E-state index contributed by atoms with van der Waals surface area (Å²) in [4.78, 5) is 24.6. The van der Waals surface area contributed by atoms with Crippen LogP contribution in [0.2, 0.25) is 0 Å². The number of hydrogen-bond donors (Lipinski definition) is 2. The number of amides is 1. The highest BCUT2D eigenvalue weighted by Crippen LogP contribution is 2.12. The lowest BCUT2D eigenvalue weighted by molar-refractivity contribution is -0.141. The number of carboxylic acids is 1. The molecule has 19 heavy (non-hydrogen) atoms. The standard InChI is InChI=1S/C14H20N2O3/c1-4-10(14(18)19)9-15-13(17)11-5-7-12(8-6-11)16(2)3/h5-8,10H,4,9H2,1-3H3,(H,15,17)(H,18,19). The molecule has 0 aliphatic rings. The quantitative estimate of drug-likeness (QED) is 0.818. The fourth-order valence-corrected chi connectivity index (χ4v) is 1.64. The molecular weight excluding hydrogens is 244 g/mol. The van der Waals surface area contributed by atoms with Gasteiger partial charge in [0.1, 0.15) is 0 Å². The molecule has 0 saturated carbocycles. The number of nitrogens with one attached hydrogen (secondary N) is 1. The minimum Gasteiger partial charge on any atom is -0.481 e. The molecule has 0 aromatic heterocycles. The topological polar surface area (TPSA) is 69.6 Å². The Morgan fingerprint density at radius 1 is 1.26 bits per heavy atom. The second kappa shape index (κ2) is 6.78. The highest BCUT2D eigenvalue weighted by Gasteiger charge is 2.16. The van der Waals surface area contributed by atoms with Crippen LogP contribution >= 0.6 is 0 Å². The maximum Gasteiger partial charge on any atom is 0.308 e. The molecule has 0 fully saturated rings. The maximum absolute atomic E-state index is 11.9. The number of hydrogen-bond acceptors (Lipinski definition) is 3. The Bertz CT molecular complexity index is 441. The average Bonchev–Trinajstić information content (AvgIpc) is 2.38. The van der Waals surface area contributed by atoms with Crippen LogP contribution in [0.3, 0.4) is 0 Å².